The van der Waals surface area contributed by atoms with Crippen LogP contribution in [0.2, 0.25) is 0 Å². The Labute approximate surface area is 133 Å². The van der Waals surface area contributed by atoms with Gasteiger partial charge in [-0.2, -0.15) is 0 Å². The van der Waals surface area contributed by atoms with Crippen LogP contribution >= 0.6 is 0 Å². The normalized spacial score (nSPS) is 38.0. The minimum atomic E-state index is -0.498. The largest absolute Gasteiger partial charge is 0.390 e. The molecule has 3 heteroatoms. The van der Waals surface area contributed by atoms with Crippen LogP contribution in [0.25, 0.3) is 0 Å². The summed E-state index contributed by atoms with van der Waals surface area (Å²) in [5.74, 6) is 1.47. The first-order valence-electron chi connectivity index (χ1n) is 8.85. The summed E-state index contributed by atoms with van der Waals surface area (Å²) in [4.78, 5) is 2.10. The highest BCUT2D eigenvalue weighted by molar-refractivity contribution is 5.32. The number of fused-ring (bicyclic) bond motifs is 3. The molecule has 0 saturated heterocycles. The van der Waals surface area contributed by atoms with Gasteiger partial charge in [-0.25, -0.2) is 0 Å². The number of benzene rings is 1. The quantitative estimate of drug-likeness (QED) is 0.901. The molecule has 0 amide bonds. The molecule has 1 aromatic rings. The molecule has 3 unspecified atom stereocenters. The van der Waals surface area contributed by atoms with Crippen molar-refractivity contribution >= 4 is 0 Å². The number of hydrogen-bond donors (Lipinski definition) is 2. The predicted octanol–water partition coefficient (Wildman–Crippen LogP) is 3.21. The second-order valence-electron chi connectivity index (χ2n) is 7.82. The van der Waals surface area contributed by atoms with Crippen LogP contribution in [0, 0.1) is 11.8 Å². The fraction of sp³-hybridized carbons (Fsp3) is 0.684. The van der Waals surface area contributed by atoms with Crippen molar-refractivity contribution in [2.75, 3.05) is 6.54 Å². The summed E-state index contributed by atoms with van der Waals surface area (Å²) in [5, 5.41) is 21.5. The summed E-state index contributed by atoms with van der Waals surface area (Å²) in [6.07, 6.45) is 7.54. The maximum Gasteiger partial charge on any atom is 0.134 e. The Balaban J connectivity index is 1.39. The maximum atomic E-state index is 11.0. The summed E-state index contributed by atoms with van der Waals surface area (Å²) in [6.45, 7) is 1.59. The van der Waals surface area contributed by atoms with Crippen LogP contribution in [0.4, 0.5) is 0 Å². The second kappa shape index (κ2) is 5.63. The molecular weight excluding hydrogens is 274 g/mol. The SMILES string of the molecule is OC1c2ccccc2CN1CCC1(O)CC2CCCC(C2)C1. The van der Waals surface area contributed by atoms with E-state index >= 15 is 0 Å². The van der Waals surface area contributed by atoms with Gasteiger partial charge >= 0.3 is 0 Å². The fourth-order valence-corrected chi connectivity index (χ4v) is 5.12. The van der Waals surface area contributed by atoms with Crippen LogP contribution in [-0.4, -0.2) is 27.3 Å². The van der Waals surface area contributed by atoms with E-state index < -0.39 is 11.8 Å². The summed E-state index contributed by atoms with van der Waals surface area (Å²) in [7, 11) is 0. The molecule has 1 heterocycles. The lowest BCUT2D eigenvalue weighted by molar-refractivity contribution is -0.0729. The molecule has 3 nitrogen and oxygen atoms in total. The first-order chi connectivity index (χ1) is 10.6. The summed E-state index contributed by atoms with van der Waals surface area (Å²) in [5.41, 5.74) is 1.76. The van der Waals surface area contributed by atoms with Crippen LogP contribution in [0.3, 0.4) is 0 Å². The fourth-order valence-electron chi connectivity index (χ4n) is 5.12. The molecule has 4 rings (SSSR count). The van der Waals surface area contributed by atoms with Crippen LogP contribution < -0.4 is 0 Å². The highest BCUT2D eigenvalue weighted by atomic mass is 16.3. The summed E-state index contributed by atoms with van der Waals surface area (Å²) in [6, 6.07) is 8.13. The number of aliphatic hydroxyl groups is 2. The van der Waals surface area contributed by atoms with Gasteiger partial charge in [-0.05, 0) is 48.6 Å². The first-order valence-corrected chi connectivity index (χ1v) is 8.85. The van der Waals surface area contributed by atoms with E-state index in [1.165, 1.54) is 31.2 Å². The second-order valence-corrected chi connectivity index (χ2v) is 7.82. The average Bonchev–Trinajstić information content (AvgIpc) is 2.82. The highest BCUT2D eigenvalue weighted by Crippen LogP contribution is 2.46. The van der Waals surface area contributed by atoms with Crippen molar-refractivity contribution in [1.82, 2.24) is 4.90 Å². The monoisotopic (exact) mass is 301 g/mol. The van der Waals surface area contributed by atoms with E-state index in [4.69, 9.17) is 0 Å². The third-order valence-corrected chi connectivity index (χ3v) is 6.15. The van der Waals surface area contributed by atoms with Crippen molar-refractivity contribution in [2.24, 2.45) is 11.8 Å². The Hall–Kier alpha value is -0.900. The lowest BCUT2D eigenvalue weighted by Crippen LogP contribution is -2.43. The number of nitrogens with zero attached hydrogens (tertiary/aromatic N) is 1. The summed E-state index contributed by atoms with van der Waals surface area (Å²) < 4.78 is 0. The lowest BCUT2D eigenvalue weighted by Gasteiger charge is -2.45. The van der Waals surface area contributed by atoms with Crippen LogP contribution in [-0.2, 0) is 6.54 Å². The molecule has 120 valence electrons. The topological polar surface area (TPSA) is 43.7 Å². The Bertz CT molecular complexity index is 532. The molecule has 1 aromatic carbocycles. The molecule has 2 N–H and O–H groups in total. The third-order valence-electron chi connectivity index (χ3n) is 6.15. The molecule has 3 aliphatic rings. The van der Waals surface area contributed by atoms with Gasteiger partial charge in [0.1, 0.15) is 6.23 Å². The maximum absolute atomic E-state index is 11.0. The van der Waals surface area contributed by atoms with E-state index in [2.05, 4.69) is 11.0 Å². The van der Waals surface area contributed by atoms with Crippen molar-refractivity contribution in [3.63, 3.8) is 0 Å². The van der Waals surface area contributed by atoms with E-state index in [0.29, 0.717) is 0 Å². The zero-order chi connectivity index (χ0) is 15.2. The van der Waals surface area contributed by atoms with Crippen molar-refractivity contribution in [2.45, 2.75) is 63.3 Å². The Morgan fingerprint density at radius 2 is 1.86 bits per heavy atom. The molecule has 0 aromatic heterocycles. The lowest BCUT2D eigenvalue weighted by atomic mass is 9.65. The molecule has 2 bridgehead atoms. The molecule has 1 aliphatic heterocycles. The Morgan fingerprint density at radius 1 is 1.14 bits per heavy atom. The molecule has 2 fully saturated rings. The van der Waals surface area contributed by atoms with Gasteiger partial charge in [0.2, 0.25) is 0 Å². The van der Waals surface area contributed by atoms with Gasteiger partial charge in [-0.1, -0.05) is 43.5 Å². The zero-order valence-electron chi connectivity index (χ0n) is 13.2. The van der Waals surface area contributed by atoms with Gasteiger partial charge in [-0.15, -0.1) is 0 Å². The number of hydrogen-bond acceptors (Lipinski definition) is 3. The van der Waals surface area contributed by atoms with Gasteiger partial charge in [0.05, 0.1) is 5.60 Å². The van der Waals surface area contributed by atoms with E-state index in [1.807, 2.05) is 18.2 Å². The average molecular weight is 301 g/mol. The van der Waals surface area contributed by atoms with Gasteiger partial charge in [0.25, 0.3) is 0 Å². The molecule has 22 heavy (non-hydrogen) atoms. The highest BCUT2D eigenvalue weighted by Gasteiger charge is 2.41. The van der Waals surface area contributed by atoms with Crippen LogP contribution in [0.15, 0.2) is 24.3 Å². The standard InChI is InChI=1S/C19H27NO2/c21-18-17-7-2-1-6-16(17)13-20(18)9-8-19(22)11-14-4-3-5-15(10-14)12-19/h1-2,6-7,14-15,18,21-22H,3-5,8-13H2. The smallest absolute Gasteiger partial charge is 0.134 e. The molecule has 3 atom stereocenters. The van der Waals surface area contributed by atoms with Crippen molar-refractivity contribution < 1.29 is 10.2 Å². The van der Waals surface area contributed by atoms with Crippen LogP contribution in [0.5, 0.6) is 0 Å². The minimum absolute atomic E-state index is 0.497. The van der Waals surface area contributed by atoms with E-state index in [-0.39, 0.29) is 0 Å². The Morgan fingerprint density at radius 3 is 2.59 bits per heavy atom. The molecule has 2 saturated carbocycles. The van der Waals surface area contributed by atoms with Gasteiger partial charge in [-0.3, -0.25) is 4.90 Å². The zero-order valence-corrected chi connectivity index (χ0v) is 13.2. The predicted molar refractivity (Wildman–Crippen MR) is 86.1 cm³/mol. The van der Waals surface area contributed by atoms with Crippen molar-refractivity contribution in [3.8, 4) is 0 Å². The third kappa shape index (κ3) is 2.70. The molecular formula is C19H27NO2. The first kappa shape index (κ1) is 14.7. The van der Waals surface area contributed by atoms with Gasteiger partial charge < -0.3 is 10.2 Å². The van der Waals surface area contributed by atoms with E-state index in [0.717, 1.165) is 49.8 Å². The molecule has 2 aliphatic carbocycles. The Kier molecular flexibility index (Phi) is 3.75. The van der Waals surface area contributed by atoms with Gasteiger partial charge in [0, 0.05) is 13.1 Å². The summed E-state index contributed by atoms with van der Waals surface area (Å²) >= 11 is 0. The van der Waals surface area contributed by atoms with Gasteiger partial charge in [0.15, 0.2) is 0 Å². The molecule has 0 spiro atoms. The van der Waals surface area contributed by atoms with Crippen molar-refractivity contribution in [3.05, 3.63) is 35.4 Å². The van der Waals surface area contributed by atoms with Crippen LogP contribution in [0.1, 0.15) is 62.3 Å². The minimum Gasteiger partial charge on any atom is -0.390 e. The molecule has 0 radical (unpaired) electrons. The van der Waals surface area contributed by atoms with E-state index in [1.54, 1.807) is 0 Å². The van der Waals surface area contributed by atoms with Crippen molar-refractivity contribution in [1.29, 1.82) is 0 Å². The van der Waals surface area contributed by atoms with E-state index in [9.17, 15) is 10.2 Å². The number of aliphatic hydroxyl groups excluding tert-OH is 1. The number of rotatable bonds is 3.